The first-order valence-corrected chi connectivity index (χ1v) is 7.37. The number of aryl methyl sites for hydroxylation is 1. The fraction of sp³-hybridized carbons (Fsp3) is 0.500. The van der Waals surface area contributed by atoms with Gasteiger partial charge in [-0.05, 0) is 37.0 Å². The highest BCUT2D eigenvalue weighted by Gasteiger charge is 2.13. The van der Waals surface area contributed by atoms with Gasteiger partial charge in [0.25, 0.3) is 0 Å². The molecule has 0 amide bonds. The first-order valence-electron chi connectivity index (χ1n) is 6.38. The van der Waals surface area contributed by atoms with E-state index in [9.17, 15) is 0 Å². The Hall–Kier alpha value is -0.960. The lowest BCUT2D eigenvalue weighted by atomic mass is 10.1. The van der Waals surface area contributed by atoms with Crippen molar-refractivity contribution in [2.45, 2.75) is 39.2 Å². The van der Waals surface area contributed by atoms with Crippen LogP contribution in [0.4, 0.5) is 5.69 Å². The third kappa shape index (κ3) is 3.50. The molecule has 0 aromatic heterocycles. The van der Waals surface area contributed by atoms with Gasteiger partial charge in [0.15, 0.2) is 5.17 Å². The molecule has 0 radical (unpaired) electrons. The van der Waals surface area contributed by atoms with Crippen molar-refractivity contribution in [3.05, 3.63) is 29.8 Å². The van der Waals surface area contributed by atoms with E-state index in [0.29, 0.717) is 6.04 Å². The normalized spacial score (nSPS) is 19.9. The first-order chi connectivity index (χ1) is 8.31. The van der Waals surface area contributed by atoms with Gasteiger partial charge in [-0.25, -0.2) is 0 Å². The minimum Gasteiger partial charge on any atom is -0.335 e. The molecule has 1 heterocycles. The summed E-state index contributed by atoms with van der Waals surface area (Å²) in [5.41, 5.74) is 2.52. The molecule has 2 nitrogen and oxygen atoms in total. The largest absolute Gasteiger partial charge is 0.335 e. The Morgan fingerprint density at radius 2 is 2.29 bits per heavy atom. The number of anilines is 1. The number of thioether (sulfide) groups is 1. The van der Waals surface area contributed by atoms with Gasteiger partial charge in [-0.1, -0.05) is 37.7 Å². The van der Waals surface area contributed by atoms with Gasteiger partial charge in [-0.15, -0.1) is 0 Å². The number of aliphatic imine (C=N–C) groups is 1. The molecule has 0 saturated carbocycles. The third-order valence-electron chi connectivity index (χ3n) is 3.05. The number of benzene rings is 1. The number of hydrogen-bond donors (Lipinski definition) is 1. The van der Waals surface area contributed by atoms with E-state index >= 15 is 0 Å². The topological polar surface area (TPSA) is 24.4 Å². The molecule has 92 valence electrons. The number of nitrogens with zero attached hydrogens (tertiary/aromatic N) is 1. The minimum absolute atomic E-state index is 0.508. The van der Waals surface area contributed by atoms with Gasteiger partial charge >= 0.3 is 0 Å². The molecule has 1 aliphatic heterocycles. The zero-order valence-corrected chi connectivity index (χ0v) is 11.4. The van der Waals surface area contributed by atoms with Crippen LogP contribution in [0.15, 0.2) is 29.3 Å². The molecule has 1 N–H and O–H groups in total. The van der Waals surface area contributed by atoms with E-state index < -0.39 is 0 Å². The third-order valence-corrected chi connectivity index (χ3v) is 3.97. The number of nitrogens with one attached hydrogen (secondary N) is 1. The second kappa shape index (κ2) is 6.10. The van der Waals surface area contributed by atoms with E-state index in [1.54, 1.807) is 0 Å². The van der Waals surface area contributed by atoms with E-state index in [1.165, 1.54) is 17.7 Å². The summed E-state index contributed by atoms with van der Waals surface area (Å²) in [7, 11) is 0. The van der Waals surface area contributed by atoms with Crippen LogP contribution in [-0.2, 0) is 6.42 Å². The van der Waals surface area contributed by atoms with Crippen molar-refractivity contribution < 1.29 is 0 Å². The van der Waals surface area contributed by atoms with Gasteiger partial charge in [0.1, 0.15) is 0 Å². The van der Waals surface area contributed by atoms with E-state index in [1.807, 2.05) is 11.8 Å². The summed E-state index contributed by atoms with van der Waals surface area (Å²) in [6.07, 6.45) is 3.43. The lowest BCUT2D eigenvalue weighted by Crippen LogP contribution is -2.19. The molecule has 0 aliphatic carbocycles. The van der Waals surface area contributed by atoms with E-state index in [4.69, 9.17) is 4.99 Å². The van der Waals surface area contributed by atoms with Crippen molar-refractivity contribution in [1.82, 2.24) is 0 Å². The van der Waals surface area contributed by atoms with Crippen LogP contribution in [0.1, 0.15) is 32.3 Å². The quantitative estimate of drug-likeness (QED) is 0.876. The number of hydrogen-bond acceptors (Lipinski definition) is 3. The van der Waals surface area contributed by atoms with Gasteiger partial charge in [-0.2, -0.15) is 0 Å². The van der Waals surface area contributed by atoms with Crippen LogP contribution in [-0.4, -0.2) is 17.0 Å². The molecule has 0 spiro atoms. The number of amidine groups is 1. The summed E-state index contributed by atoms with van der Waals surface area (Å²) in [5.74, 6) is 1.18. The molecule has 1 aromatic carbocycles. The van der Waals surface area contributed by atoms with Crippen molar-refractivity contribution in [2.24, 2.45) is 4.99 Å². The second-order valence-corrected chi connectivity index (χ2v) is 5.40. The summed E-state index contributed by atoms with van der Waals surface area (Å²) in [4.78, 5) is 4.72. The maximum atomic E-state index is 4.72. The molecule has 1 atom stereocenters. The van der Waals surface area contributed by atoms with Gasteiger partial charge in [0.2, 0.25) is 0 Å². The molecular weight excluding hydrogens is 228 g/mol. The van der Waals surface area contributed by atoms with E-state index in [2.05, 4.69) is 43.4 Å². The molecule has 1 aromatic rings. The van der Waals surface area contributed by atoms with Crippen molar-refractivity contribution >= 4 is 22.6 Å². The van der Waals surface area contributed by atoms with Crippen LogP contribution in [0.3, 0.4) is 0 Å². The molecule has 1 aliphatic rings. The molecule has 17 heavy (non-hydrogen) atoms. The maximum Gasteiger partial charge on any atom is 0.161 e. The molecule has 0 bridgehead atoms. The predicted molar refractivity (Wildman–Crippen MR) is 78.0 cm³/mol. The van der Waals surface area contributed by atoms with E-state index in [0.717, 1.165) is 23.7 Å². The fourth-order valence-corrected chi connectivity index (χ4v) is 2.91. The average molecular weight is 248 g/mol. The summed E-state index contributed by atoms with van der Waals surface area (Å²) < 4.78 is 0. The van der Waals surface area contributed by atoms with E-state index in [-0.39, 0.29) is 0 Å². The zero-order chi connectivity index (χ0) is 12.1. The Kier molecular flexibility index (Phi) is 4.49. The lowest BCUT2D eigenvalue weighted by molar-refractivity contribution is 0.634. The number of rotatable bonds is 3. The summed E-state index contributed by atoms with van der Waals surface area (Å²) in [5, 5.41) is 4.51. The average Bonchev–Trinajstić information content (AvgIpc) is 2.39. The Morgan fingerprint density at radius 1 is 1.41 bits per heavy atom. The fourth-order valence-electron chi connectivity index (χ4n) is 1.92. The van der Waals surface area contributed by atoms with Crippen LogP contribution in [0.2, 0.25) is 0 Å². The van der Waals surface area contributed by atoms with Gasteiger partial charge in [-0.3, -0.25) is 4.99 Å². The molecule has 2 rings (SSSR count). The smallest absolute Gasteiger partial charge is 0.161 e. The predicted octanol–water partition coefficient (Wildman–Crippen LogP) is 3.93. The van der Waals surface area contributed by atoms with Crippen molar-refractivity contribution in [3.63, 3.8) is 0 Å². The molecule has 0 fully saturated rings. The standard InChI is InChI=1S/C14H20N2S/c1-3-11-6-5-7-13(10-11)16-14-15-12(4-2)8-9-17-14/h5-7,10,12H,3-4,8-9H2,1-2H3,(H,15,16). The molecular formula is C14H20N2S. The Morgan fingerprint density at radius 3 is 3.06 bits per heavy atom. The summed E-state index contributed by atoms with van der Waals surface area (Å²) in [6.45, 7) is 4.39. The Bertz CT molecular complexity index is 401. The van der Waals surface area contributed by atoms with Gasteiger partial charge < -0.3 is 5.32 Å². The van der Waals surface area contributed by atoms with Crippen molar-refractivity contribution in [1.29, 1.82) is 0 Å². The van der Waals surface area contributed by atoms with Gasteiger partial charge in [0.05, 0.1) is 6.04 Å². The van der Waals surface area contributed by atoms with Crippen LogP contribution < -0.4 is 5.32 Å². The first kappa shape index (κ1) is 12.5. The highest BCUT2D eigenvalue weighted by Crippen LogP contribution is 2.21. The maximum absolute atomic E-state index is 4.72. The van der Waals surface area contributed by atoms with Crippen LogP contribution >= 0.6 is 11.8 Å². The second-order valence-electron chi connectivity index (χ2n) is 4.31. The van der Waals surface area contributed by atoms with Crippen LogP contribution in [0.25, 0.3) is 0 Å². The molecule has 3 heteroatoms. The lowest BCUT2D eigenvalue weighted by Gasteiger charge is -2.19. The van der Waals surface area contributed by atoms with Crippen LogP contribution in [0, 0.1) is 0 Å². The Balaban J connectivity index is 2.06. The Labute approximate surface area is 108 Å². The highest BCUT2D eigenvalue weighted by atomic mass is 32.2. The monoisotopic (exact) mass is 248 g/mol. The highest BCUT2D eigenvalue weighted by molar-refractivity contribution is 8.14. The SMILES string of the molecule is CCc1cccc(NC2=NC(CC)CCS2)c1. The summed E-state index contributed by atoms with van der Waals surface area (Å²) >= 11 is 1.83. The zero-order valence-electron chi connectivity index (χ0n) is 10.6. The molecule has 0 saturated heterocycles. The summed E-state index contributed by atoms with van der Waals surface area (Å²) in [6, 6.07) is 9.09. The van der Waals surface area contributed by atoms with Crippen molar-refractivity contribution in [3.8, 4) is 0 Å². The van der Waals surface area contributed by atoms with Gasteiger partial charge in [0, 0.05) is 11.4 Å². The van der Waals surface area contributed by atoms with Crippen LogP contribution in [0.5, 0.6) is 0 Å². The molecule has 1 unspecified atom stereocenters. The minimum atomic E-state index is 0.508. The van der Waals surface area contributed by atoms with Crippen molar-refractivity contribution in [2.75, 3.05) is 11.1 Å².